The Labute approximate surface area is 171 Å². The molecule has 0 saturated carbocycles. The Morgan fingerprint density at radius 2 is 1.86 bits per heavy atom. The lowest BCUT2D eigenvalue weighted by Crippen LogP contribution is -2.01. The number of ether oxygens (including phenoxy) is 2. The van der Waals surface area contributed by atoms with Crippen LogP contribution in [0.5, 0.6) is 11.5 Å². The third kappa shape index (κ3) is 5.20. The molecule has 0 heterocycles. The number of carboxylic acids is 1. The van der Waals surface area contributed by atoms with Gasteiger partial charge in [-0.3, -0.25) is 4.99 Å². The second-order valence-corrected chi connectivity index (χ2v) is 6.85. The van der Waals surface area contributed by atoms with Crippen LogP contribution in [0.1, 0.15) is 21.5 Å². The van der Waals surface area contributed by atoms with E-state index in [-0.39, 0.29) is 12.2 Å². The molecular formula is C22H18BrNO4. The lowest BCUT2D eigenvalue weighted by Gasteiger charge is -2.11. The van der Waals surface area contributed by atoms with Gasteiger partial charge in [0.1, 0.15) is 6.61 Å². The molecule has 0 aliphatic rings. The van der Waals surface area contributed by atoms with Gasteiger partial charge in [0.2, 0.25) is 0 Å². The summed E-state index contributed by atoms with van der Waals surface area (Å²) in [6.45, 7) is 0.240. The van der Waals surface area contributed by atoms with E-state index in [0.29, 0.717) is 11.5 Å². The van der Waals surface area contributed by atoms with Crippen LogP contribution in [0.3, 0.4) is 0 Å². The first kappa shape index (κ1) is 19.6. The number of carboxylic acid groups (broad SMARTS) is 1. The van der Waals surface area contributed by atoms with Crippen LogP contribution < -0.4 is 9.47 Å². The van der Waals surface area contributed by atoms with Gasteiger partial charge in [-0.2, -0.15) is 0 Å². The van der Waals surface area contributed by atoms with Crippen LogP contribution in [-0.4, -0.2) is 24.4 Å². The van der Waals surface area contributed by atoms with Crippen molar-refractivity contribution in [3.63, 3.8) is 0 Å². The number of methoxy groups -OCH3 is 1. The summed E-state index contributed by atoms with van der Waals surface area (Å²) in [6.07, 6.45) is 1.76. The third-order valence-corrected chi connectivity index (χ3v) is 4.47. The molecule has 0 fully saturated rings. The first-order valence-corrected chi connectivity index (χ1v) is 9.27. The molecule has 28 heavy (non-hydrogen) atoms. The SMILES string of the molecule is COc1cc(C=Nc2ccc(Br)cc2)ccc1OCc1cccc(C(=O)O)c1. The molecule has 0 aliphatic heterocycles. The van der Waals surface area contributed by atoms with Crippen molar-refractivity contribution in [2.75, 3.05) is 7.11 Å². The van der Waals surface area contributed by atoms with Crippen LogP contribution in [0.25, 0.3) is 0 Å². The van der Waals surface area contributed by atoms with Crippen molar-refractivity contribution in [2.24, 2.45) is 4.99 Å². The zero-order valence-corrected chi connectivity index (χ0v) is 16.7. The van der Waals surface area contributed by atoms with E-state index in [9.17, 15) is 4.79 Å². The summed E-state index contributed by atoms with van der Waals surface area (Å²) in [5.74, 6) is 0.187. The van der Waals surface area contributed by atoms with E-state index in [1.807, 2.05) is 48.5 Å². The molecule has 0 amide bonds. The monoisotopic (exact) mass is 439 g/mol. The quantitative estimate of drug-likeness (QED) is 0.494. The smallest absolute Gasteiger partial charge is 0.335 e. The van der Waals surface area contributed by atoms with Gasteiger partial charge in [0.25, 0.3) is 0 Å². The molecule has 6 heteroatoms. The molecule has 3 aromatic carbocycles. The van der Waals surface area contributed by atoms with Gasteiger partial charge in [-0.1, -0.05) is 28.1 Å². The number of hydrogen-bond donors (Lipinski definition) is 1. The molecule has 0 unspecified atom stereocenters. The van der Waals surface area contributed by atoms with Crippen LogP contribution in [0.15, 0.2) is 76.2 Å². The zero-order valence-electron chi connectivity index (χ0n) is 15.1. The Kier molecular flexibility index (Phi) is 6.45. The molecule has 5 nitrogen and oxygen atoms in total. The predicted molar refractivity (Wildman–Crippen MR) is 112 cm³/mol. The third-order valence-electron chi connectivity index (χ3n) is 3.95. The Hall–Kier alpha value is -3.12. The van der Waals surface area contributed by atoms with E-state index in [1.54, 1.807) is 31.5 Å². The van der Waals surface area contributed by atoms with Crippen LogP contribution in [0, 0.1) is 0 Å². The highest BCUT2D eigenvalue weighted by Gasteiger charge is 2.07. The summed E-state index contributed by atoms with van der Waals surface area (Å²) in [5.41, 5.74) is 2.72. The predicted octanol–water partition coefficient (Wildman–Crippen LogP) is 5.49. The zero-order chi connectivity index (χ0) is 19.9. The van der Waals surface area contributed by atoms with Gasteiger partial charge < -0.3 is 14.6 Å². The number of rotatable bonds is 7. The van der Waals surface area contributed by atoms with E-state index in [4.69, 9.17) is 14.6 Å². The average Bonchev–Trinajstić information content (AvgIpc) is 2.72. The molecule has 142 valence electrons. The van der Waals surface area contributed by atoms with E-state index in [0.717, 1.165) is 21.3 Å². The topological polar surface area (TPSA) is 68.1 Å². The summed E-state index contributed by atoms with van der Waals surface area (Å²) >= 11 is 3.40. The molecule has 3 rings (SSSR count). The molecule has 1 N–H and O–H groups in total. The molecule has 0 bridgehead atoms. The van der Waals surface area contributed by atoms with Crippen molar-refractivity contribution in [3.8, 4) is 11.5 Å². The second kappa shape index (κ2) is 9.19. The Balaban J connectivity index is 1.71. The van der Waals surface area contributed by atoms with Crippen molar-refractivity contribution < 1.29 is 19.4 Å². The summed E-state index contributed by atoms with van der Waals surface area (Å²) in [6, 6.07) is 19.9. The van der Waals surface area contributed by atoms with E-state index < -0.39 is 5.97 Å². The molecule has 0 spiro atoms. The lowest BCUT2D eigenvalue weighted by atomic mass is 10.1. The molecule has 0 atom stereocenters. The maximum atomic E-state index is 11.1. The lowest BCUT2D eigenvalue weighted by molar-refractivity contribution is 0.0696. The first-order chi connectivity index (χ1) is 13.5. The number of benzene rings is 3. The van der Waals surface area contributed by atoms with E-state index in [2.05, 4.69) is 20.9 Å². The van der Waals surface area contributed by atoms with Crippen molar-refractivity contribution in [1.29, 1.82) is 0 Å². The van der Waals surface area contributed by atoms with Crippen LogP contribution in [-0.2, 0) is 6.61 Å². The fraction of sp³-hybridized carbons (Fsp3) is 0.0909. The maximum absolute atomic E-state index is 11.1. The summed E-state index contributed by atoms with van der Waals surface area (Å²) in [7, 11) is 1.57. The van der Waals surface area contributed by atoms with Crippen molar-refractivity contribution in [2.45, 2.75) is 6.61 Å². The first-order valence-electron chi connectivity index (χ1n) is 8.48. The summed E-state index contributed by atoms with van der Waals surface area (Å²) < 4.78 is 12.2. The highest BCUT2D eigenvalue weighted by molar-refractivity contribution is 9.10. The molecule has 0 aromatic heterocycles. The van der Waals surface area contributed by atoms with Gasteiger partial charge in [-0.15, -0.1) is 0 Å². The van der Waals surface area contributed by atoms with Crippen molar-refractivity contribution >= 4 is 33.8 Å². The van der Waals surface area contributed by atoms with Crippen LogP contribution >= 0.6 is 15.9 Å². The van der Waals surface area contributed by atoms with Gasteiger partial charge in [0, 0.05) is 10.7 Å². The van der Waals surface area contributed by atoms with Gasteiger partial charge in [0.15, 0.2) is 11.5 Å². The Morgan fingerprint density at radius 1 is 1.07 bits per heavy atom. The Bertz CT molecular complexity index is 1000. The molecule has 0 saturated heterocycles. The molecule has 0 radical (unpaired) electrons. The average molecular weight is 440 g/mol. The highest BCUT2D eigenvalue weighted by atomic mass is 79.9. The number of carbonyl (C=O) groups is 1. The minimum absolute atomic E-state index is 0.229. The maximum Gasteiger partial charge on any atom is 0.335 e. The van der Waals surface area contributed by atoms with E-state index in [1.165, 1.54) is 0 Å². The van der Waals surface area contributed by atoms with E-state index >= 15 is 0 Å². The number of aromatic carboxylic acids is 1. The largest absolute Gasteiger partial charge is 0.493 e. The fourth-order valence-electron chi connectivity index (χ4n) is 2.52. The molecular weight excluding hydrogens is 422 g/mol. The molecule has 0 aliphatic carbocycles. The highest BCUT2D eigenvalue weighted by Crippen LogP contribution is 2.29. The van der Waals surface area contributed by atoms with Crippen LogP contribution in [0.2, 0.25) is 0 Å². The minimum Gasteiger partial charge on any atom is -0.493 e. The summed E-state index contributed by atoms with van der Waals surface area (Å²) in [4.78, 5) is 15.5. The second-order valence-electron chi connectivity index (χ2n) is 5.94. The van der Waals surface area contributed by atoms with Crippen molar-refractivity contribution in [1.82, 2.24) is 0 Å². The Morgan fingerprint density at radius 3 is 2.57 bits per heavy atom. The minimum atomic E-state index is -0.964. The number of hydrogen-bond acceptors (Lipinski definition) is 4. The van der Waals surface area contributed by atoms with Crippen molar-refractivity contribution in [3.05, 3.63) is 87.9 Å². The van der Waals surface area contributed by atoms with Gasteiger partial charge >= 0.3 is 5.97 Å². The summed E-state index contributed by atoms with van der Waals surface area (Å²) in [5, 5.41) is 9.08. The standard InChI is InChI=1S/C22H18BrNO4/c1-27-21-12-15(13-24-19-8-6-18(23)7-9-19)5-10-20(21)28-14-16-3-2-4-17(11-16)22(25)26/h2-13H,14H2,1H3,(H,25,26). The number of nitrogens with zero attached hydrogens (tertiary/aromatic N) is 1. The fourth-order valence-corrected chi connectivity index (χ4v) is 2.78. The van der Waals surface area contributed by atoms with Gasteiger partial charge in [-0.25, -0.2) is 4.79 Å². The number of halogens is 1. The van der Waals surface area contributed by atoms with Crippen LogP contribution in [0.4, 0.5) is 5.69 Å². The molecule has 3 aromatic rings. The number of aliphatic imine (C=N–C) groups is 1. The van der Waals surface area contributed by atoms with Gasteiger partial charge in [0.05, 0.1) is 18.4 Å². The van der Waals surface area contributed by atoms with Gasteiger partial charge in [-0.05, 0) is 65.7 Å². The normalized spacial score (nSPS) is 10.8.